The molecule has 2 aromatic rings. The van der Waals surface area contributed by atoms with Gasteiger partial charge in [0, 0.05) is 18.9 Å². The van der Waals surface area contributed by atoms with Gasteiger partial charge in [0.15, 0.2) is 5.16 Å². The SMILES string of the molecule is Cn1ncnc1SCc1cc(F)cc(/C=C/C(=O)O)c1. The highest BCUT2D eigenvalue weighted by atomic mass is 32.2. The third kappa shape index (κ3) is 3.92. The number of thioether (sulfide) groups is 1. The second-order valence-corrected chi connectivity index (χ2v) is 4.96. The van der Waals surface area contributed by atoms with Gasteiger partial charge in [0.1, 0.15) is 12.1 Å². The Morgan fingerprint density at radius 3 is 2.95 bits per heavy atom. The molecular formula is C13H12FN3O2S. The molecule has 0 unspecified atom stereocenters. The number of rotatable bonds is 5. The van der Waals surface area contributed by atoms with Crippen molar-refractivity contribution in [1.82, 2.24) is 14.8 Å². The molecule has 0 aliphatic carbocycles. The molecule has 0 aliphatic rings. The topological polar surface area (TPSA) is 68.0 Å². The van der Waals surface area contributed by atoms with Crippen molar-refractivity contribution in [3.8, 4) is 0 Å². The molecule has 0 radical (unpaired) electrons. The highest BCUT2D eigenvalue weighted by molar-refractivity contribution is 7.98. The first-order valence-electron chi connectivity index (χ1n) is 5.72. The molecule has 5 nitrogen and oxygen atoms in total. The Balaban J connectivity index is 2.12. The predicted octanol–water partition coefficient (Wildman–Crippen LogP) is 2.34. The highest BCUT2D eigenvalue weighted by Gasteiger charge is 2.04. The van der Waals surface area contributed by atoms with Crippen LogP contribution in [0.2, 0.25) is 0 Å². The van der Waals surface area contributed by atoms with Crippen molar-refractivity contribution in [2.24, 2.45) is 7.05 Å². The lowest BCUT2D eigenvalue weighted by molar-refractivity contribution is -0.131. The lowest BCUT2D eigenvalue weighted by Crippen LogP contribution is -1.94. The molecule has 1 heterocycles. The average Bonchev–Trinajstić information content (AvgIpc) is 2.79. The Labute approximate surface area is 119 Å². The molecule has 0 bridgehead atoms. The number of aliphatic carboxylic acids is 1. The van der Waals surface area contributed by atoms with Crippen LogP contribution in [0.25, 0.3) is 6.08 Å². The normalized spacial score (nSPS) is 11.1. The fraction of sp³-hybridized carbons (Fsp3) is 0.154. The quantitative estimate of drug-likeness (QED) is 0.677. The molecule has 20 heavy (non-hydrogen) atoms. The second-order valence-electron chi connectivity index (χ2n) is 4.02. The van der Waals surface area contributed by atoms with E-state index in [1.54, 1.807) is 17.8 Å². The van der Waals surface area contributed by atoms with Gasteiger partial charge in [-0.1, -0.05) is 17.8 Å². The monoisotopic (exact) mass is 293 g/mol. The lowest BCUT2D eigenvalue weighted by atomic mass is 10.1. The van der Waals surface area contributed by atoms with Crippen molar-refractivity contribution in [1.29, 1.82) is 0 Å². The second kappa shape index (κ2) is 6.33. The fourth-order valence-corrected chi connectivity index (χ4v) is 2.40. The summed E-state index contributed by atoms with van der Waals surface area (Å²) in [6.45, 7) is 0. The van der Waals surface area contributed by atoms with Gasteiger partial charge in [-0.25, -0.2) is 18.9 Å². The Kier molecular flexibility index (Phi) is 4.52. The van der Waals surface area contributed by atoms with Gasteiger partial charge < -0.3 is 5.11 Å². The minimum Gasteiger partial charge on any atom is -0.478 e. The summed E-state index contributed by atoms with van der Waals surface area (Å²) in [4.78, 5) is 14.5. The summed E-state index contributed by atoms with van der Waals surface area (Å²) in [5, 5.41) is 13.2. The van der Waals surface area contributed by atoms with Crippen molar-refractivity contribution in [2.45, 2.75) is 10.9 Å². The number of nitrogens with zero attached hydrogens (tertiary/aromatic N) is 3. The molecule has 0 saturated heterocycles. The maximum absolute atomic E-state index is 13.5. The first kappa shape index (κ1) is 14.3. The fourth-order valence-electron chi connectivity index (χ4n) is 1.59. The van der Waals surface area contributed by atoms with Crippen LogP contribution in [-0.4, -0.2) is 25.8 Å². The van der Waals surface area contributed by atoms with Gasteiger partial charge in [-0.15, -0.1) is 0 Å². The van der Waals surface area contributed by atoms with Crippen LogP contribution in [-0.2, 0) is 17.6 Å². The maximum Gasteiger partial charge on any atom is 0.328 e. The molecule has 0 saturated carbocycles. The zero-order valence-corrected chi connectivity index (χ0v) is 11.5. The van der Waals surface area contributed by atoms with E-state index in [-0.39, 0.29) is 0 Å². The molecule has 1 aromatic carbocycles. The Bertz CT molecular complexity index is 655. The van der Waals surface area contributed by atoms with Crippen LogP contribution >= 0.6 is 11.8 Å². The van der Waals surface area contributed by atoms with Crippen LogP contribution < -0.4 is 0 Å². The van der Waals surface area contributed by atoms with Crippen LogP contribution in [0.1, 0.15) is 11.1 Å². The summed E-state index contributed by atoms with van der Waals surface area (Å²) >= 11 is 1.43. The Morgan fingerprint density at radius 1 is 1.50 bits per heavy atom. The van der Waals surface area contributed by atoms with Crippen molar-refractivity contribution in [3.05, 3.63) is 47.5 Å². The van der Waals surface area contributed by atoms with E-state index in [9.17, 15) is 9.18 Å². The van der Waals surface area contributed by atoms with Crippen molar-refractivity contribution in [2.75, 3.05) is 0 Å². The number of aromatic nitrogens is 3. The summed E-state index contributed by atoms with van der Waals surface area (Å²) in [5.41, 5.74) is 1.27. The van der Waals surface area contributed by atoms with E-state index in [4.69, 9.17) is 5.11 Å². The molecule has 1 N–H and O–H groups in total. The average molecular weight is 293 g/mol. The minimum absolute atomic E-state index is 0.397. The van der Waals surface area contributed by atoms with Gasteiger partial charge in [-0.2, -0.15) is 5.10 Å². The number of carboxylic acids is 1. The molecule has 0 aliphatic heterocycles. The minimum atomic E-state index is -1.07. The van der Waals surface area contributed by atoms with Gasteiger partial charge in [-0.3, -0.25) is 0 Å². The van der Waals surface area contributed by atoms with Crippen LogP contribution in [0, 0.1) is 5.82 Å². The van der Waals surface area contributed by atoms with E-state index >= 15 is 0 Å². The molecule has 2 rings (SSSR count). The summed E-state index contributed by atoms with van der Waals surface area (Å²) in [7, 11) is 1.78. The van der Waals surface area contributed by atoms with Crippen LogP contribution in [0.4, 0.5) is 4.39 Å². The summed E-state index contributed by atoms with van der Waals surface area (Å²) in [6, 6.07) is 4.45. The van der Waals surface area contributed by atoms with Gasteiger partial charge in [0.25, 0.3) is 0 Å². The lowest BCUT2D eigenvalue weighted by Gasteiger charge is -2.03. The van der Waals surface area contributed by atoms with Crippen LogP contribution in [0.5, 0.6) is 0 Å². The van der Waals surface area contributed by atoms with E-state index in [2.05, 4.69) is 10.1 Å². The van der Waals surface area contributed by atoms with Gasteiger partial charge in [0.05, 0.1) is 0 Å². The van der Waals surface area contributed by atoms with Crippen LogP contribution in [0.15, 0.2) is 35.8 Å². The van der Waals surface area contributed by atoms with Gasteiger partial charge in [0.2, 0.25) is 0 Å². The van der Waals surface area contributed by atoms with Gasteiger partial charge in [-0.05, 0) is 29.3 Å². The summed E-state index contributed by atoms with van der Waals surface area (Å²) in [6.07, 6.45) is 3.80. The molecular weight excluding hydrogens is 281 g/mol. The largest absolute Gasteiger partial charge is 0.478 e. The maximum atomic E-state index is 13.5. The van der Waals surface area contributed by atoms with Crippen molar-refractivity contribution < 1.29 is 14.3 Å². The third-order valence-electron chi connectivity index (χ3n) is 2.44. The zero-order valence-electron chi connectivity index (χ0n) is 10.7. The van der Waals surface area contributed by atoms with E-state index in [1.807, 2.05) is 0 Å². The van der Waals surface area contributed by atoms with E-state index in [1.165, 1.54) is 36.3 Å². The number of hydrogen-bond acceptors (Lipinski definition) is 4. The van der Waals surface area contributed by atoms with Crippen LogP contribution in [0.3, 0.4) is 0 Å². The number of carbonyl (C=O) groups is 1. The summed E-state index contributed by atoms with van der Waals surface area (Å²) < 4.78 is 15.1. The highest BCUT2D eigenvalue weighted by Crippen LogP contribution is 2.21. The zero-order chi connectivity index (χ0) is 14.5. The molecule has 0 fully saturated rings. The smallest absolute Gasteiger partial charge is 0.328 e. The number of aryl methyl sites for hydroxylation is 1. The van der Waals surface area contributed by atoms with E-state index < -0.39 is 11.8 Å². The van der Waals surface area contributed by atoms with Crippen molar-refractivity contribution >= 4 is 23.8 Å². The van der Waals surface area contributed by atoms with Gasteiger partial charge >= 0.3 is 5.97 Å². The summed E-state index contributed by atoms with van der Waals surface area (Å²) in [5.74, 6) is -0.937. The predicted molar refractivity (Wildman–Crippen MR) is 73.6 cm³/mol. The molecule has 0 amide bonds. The Morgan fingerprint density at radius 2 is 2.30 bits per heavy atom. The number of halogens is 1. The first-order chi connectivity index (χ1) is 9.54. The standard InChI is InChI=1S/C13H12FN3O2S/c1-17-13(15-8-16-17)20-7-10-4-9(2-3-12(18)19)5-11(14)6-10/h2-6,8H,7H2,1H3,(H,18,19)/b3-2+. The first-order valence-corrected chi connectivity index (χ1v) is 6.70. The number of benzene rings is 1. The molecule has 0 atom stereocenters. The Hall–Kier alpha value is -2.15. The van der Waals surface area contributed by atoms with Crippen molar-refractivity contribution in [3.63, 3.8) is 0 Å². The number of hydrogen-bond donors (Lipinski definition) is 1. The molecule has 104 valence electrons. The molecule has 1 aromatic heterocycles. The van der Waals surface area contributed by atoms with E-state index in [0.29, 0.717) is 11.3 Å². The molecule has 0 spiro atoms. The number of carboxylic acid groups (broad SMARTS) is 1. The molecule has 7 heteroatoms. The third-order valence-corrected chi connectivity index (χ3v) is 3.54. The van der Waals surface area contributed by atoms with E-state index in [0.717, 1.165) is 16.8 Å².